The molecule has 1 aromatic carbocycles. The Labute approximate surface area is 104 Å². The first-order valence-electron chi connectivity index (χ1n) is 5.61. The summed E-state index contributed by atoms with van der Waals surface area (Å²) >= 11 is 0. The van der Waals surface area contributed by atoms with Gasteiger partial charge in [0.15, 0.2) is 0 Å². The number of rotatable bonds is 4. The largest absolute Gasteiger partial charge is 0.492 e. The van der Waals surface area contributed by atoms with Crippen LogP contribution in [0.25, 0.3) is 0 Å². The third-order valence-corrected chi connectivity index (χ3v) is 2.97. The molecule has 3 heteroatoms. The first-order chi connectivity index (χ1) is 7.09. The van der Waals surface area contributed by atoms with E-state index >= 15 is 0 Å². The summed E-state index contributed by atoms with van der Waals surface area (Å²) < 4.78 is 5.64. The van der Waals surface area contributed by atoms with Gasteiger partial charge in [-0.3, -0.25) is 0 Å². The highest BCUT2D eigenvalue weighted by molar-refractivity contribution is 5.85. The van der Waals surface area contributed by atoms with E-state index in [2.05, 4.69) is 26.0 Å². The van der Waals surface area contributed by atoms with Crippen LogP contribution in [0.1, 0.15) is 38.2 Å². The summed E-state index contributed by atoms with van der Waals surface area (Å²) in [6.45, 7) is 5.03. The van der Waals surface area contributed by atoms with Crippen LogP contribution in [0.4, 0.5) is 0 Å². The van der Waals surface area contributed by atoms with Crippen molar-refractivity contribution in [3.05, 3.63) is 29.8 Å². The third-order valence-electron chi connectivity index (χ3n) is 2.97. The van der Waals surface area contributed by atoms with Crippen LogP contribution in [0.2, 0.25) is 0 Å². The highest BCUT2D eigenvalue weighted by Gasteiger charge is 2.39. The van der Waals surface area contributed by atoms with Gasteiger partial charge in [-0.2, -0.15) is 0 Å². The molecule has 1 aliphatic rings. The van der Waals surface area contributed by atoms with Crippen molar-refractivity contribution in [1.82, 2.24) is 0 Å². The SMILES string of the molecule is CC(C)c1ccc(OCC2(N)CC2)cc1.Cl. The first-order valence-corrected chi connectivity index (χ1v) is 5.61. The van der Waals surface area contributed by atoms with Crippen molar-refractivity contribution in [2.45, 2.75) is 38.1 Å². The van der Waals surface area contributed by atoms with Crippen molar-refractivity contribution in [2.24, 2.45) is 5.73 Å². The summed E-state index contributed by atoms with van der Waals surface area (Å²) in [6, 6.07) is 8.30. The van der Waals surface area contributed by atoms with E-state index in [1.807, 2.05) is 12.1 Å². The average molecular weight is 242 g/mol. The summed E-state index contributed by atoms with van der Waals surface area (Å²) in [4.78, 5) is 0. The normalized spacial score (nSPS) is 16.8. The molecule has 0 spiro atoms. The molecule has 0 heterocycles. The minimum atomic E-state index is -0.0310. The van der Waals surface area contributed by atoms with E-state index in [9.17, 15) is 0 Å². The van der Waals surface area contributed by atoms with Gasteiger partial charge in [0.25, 0.3) is 0 Å². The molecule has 1 saturated carbocycles. The molecule has 90 valence electrons. The molecule has 2 rings (SSSR count). The minimum Gasteiger partial charge on any atom is -0.492 e. The van der Waals surface area contributed by atoms with Crippen molar-refractivity contribution < 1.29 is 4.74 Å². The van der Waals surface area contributed by atoms with Gasteiger partial charge >= 0.3 is 0 Å². The molecule has 16 heavy (non-hydrogen) atoms. The molecular weight excluding hydrogens is 222 g/mol. The lowest BCUT2D eigenvalue weighted by Crippen LogP contribution is -2.29. The lowest BCUT2D eigenvalue weighted by molar-refractivity contribution is 0.279. The maximum Gasteiger partial charge on any atom is 0.119 e. The Balaban J connectivity index is 0.00000128. The van der Waals surface area contributed by atoms with Crippen molar-refractivity contribution in [2.75, 3.05) is 6.61 Å². The standard InChI is InChI=1S/C13H19NO.ClH/c1-10(2)11-3-5-12(6-4-11)15-9-13(14)7-8-13;/h3-6,10H,7-9,14H2,1-2H3;1H. The van der Waals surface area contributed by atoms with Gasteiger partial charge in [0, 0.05) is 0 Å². The Kier molecular flexibility index (Phi) is 4.22. The summed E-state index contributed by atoms with van der Waals surface area (Å²) in [7, 11) is 0. The van der Waals surface area contributed by atoms with Crippen molar-refractivity contribution in [1.29, 1.82) is 0 Å². The highest BCUT2D eigenvalue weighted by Crippen LogP contribution is 2.32. The number of nitrogens with two attached hydrogens (primary N) is 1. The molecular formula is C13H20ClNO. The first kappa shape index (κ1) is 13.3. The van der Waals surface area contributed by atoms with Crippen LogP contribution in [0, 0.1) is 0 Å². The molecule has 0 radical (unpaired) electrons. The number of benzene rings is 1. The average Bonchev–Trinajstić information content (AvgIpc) is 2.95. The van der Waals surface area contributed by atoms with E-state index in [1.165, 1.54) is 5.56 Å². The summed E-state index contributed by atoms with van der Waals surface area (Å²) in [5.41, 5.74) is 7.26. The highest BCUT2D eigenvalue weighted by atomic mass is 35.5. The zero-order valence-corrected chi connectivity index (χ0v) is 10.7. The monoisotopic (exact) mass is 241 g/mol. The molecule has 2 N–H and O–H groups in total. The van der Waals surface area contributed by atoms with Gasteiger partial charge in [-0.05, 0) is 36.5 Å². The van der Waals surface area contributed by atoms with Crippen LogP contribution >= 0.6 is 12.4 Å². The van der Waals surface area contributed by atoms with Crippen LogP contribution in [-0.4, -0.2) is 12.1 Å². The van der Waals surface area contributed by atoms with E-state index in [-0.39, 0.29) is 17.9 Å². The van der Waals surface area contributed by atoms with Crippen LogP contribution in [-0.2, 0) is 0 Å². The molecule has 0 aromatic heterocycles. The zero-order valence-electron chi connectivity index (χ0n) is 9.90. The summed E-state index contributed by atoms with van der Waals surface area (Å²) in [6.07, 6.45) is 2.19. The smallest absolute Gasteiger partial charge is 0.119 e. The fraction of sp³-hybridized carbons (Fsp3) is 0.538. The van der Waals surface area contributed by atoms with Gasteiger partial charge in [0.2, 0.25) is 0 Å². The minimum absolute atomic E-state index is 0. The molecule has 0 unspecified atom stereocenters. The molecule has 1 aromatic rings. The Morgan fingerprint density at radius 3 is 2.25 bits per heavy atom. The van der Waals surface area contributed by atoms with E-state index in [1.54, 1.807) is 0 Å². The van der Waals surface area contributed by atoms with Gasteiger partial charge in [-0.1, -0.05) is 26.0 Å². The Bertz CT molecular complexity index is 330. The molecule has 1 aliphatic carbocycles. The molecule has 2 nitrogen and oxygen atoms in total. The van der Waals surface area contributed by atoms with Crippen molar-refractivity contribution in [3.63, 3.8) is 0 Å². The fourth-order valence-electron chi connectivity index (χ4n) is 1.48. The molecule has 0 atom stereocenters. The Morgan fingerprint density at radius 2 is 1.81 bits per heavy atom. The zero-order chi connectivity index (χ0) is 10.9. The van der Waals surface area contributed by atoms with Crippen LogP contribution in [0.5, 0.6) is 5.75 Å². The van der Waals surface area contributed by atoms with Crippen LogP contribution in [0.15, 0.2) is 24.3 Å². The van der Waals surface area contributed by atoms with Crippen LogP contribution < -0.4 is 10.5 Å². The summed E-state index contributed by atoms with van der Waals surface area (Å²) in [5, 5.41) is 0. The maximum absolute atomic E-state index is 5.95. The van der Waals surface area contributed by atoms with Gasteiger partial charge in [-0.25, -0.2) is 0 Å². The quantitative estimate of drug-likeness (QED) is 0.879. The molecule has 0 aliphatic heterocycles. The van der Waals surface area contributed by atoms with Gasteiger partial charge in [0.1, 0.15) is 12.4 Å². The number of hydrogen-bond donors (Lipinski definition) is 1. The fourth-order valence-corrected chi connectivity index (χ4v) is 1.48. The van der Waals surface area contributed by atoms with Crippen LogP contribution in [0.3, 0.4) is 0 Å². The lowest BCUT2D eigenvalue weighted by Gasteiger charge is -2.12. The van der Waals surface area contributed by atoms with Crippen molar-refractivity contribution >= 4 is 12.4 Å². The molecule has 0 amide bonds. The lowest BCUT2D eigenvalue weighted by atomic mass is 10.0. The topological polar surface area (TPSA) is 35.2 Å². The Morgan fingerprint density at radius 1 is 1.25 bits per heavy atom. The predicted octanol–water partition coefficient (Wildman–Crippen LogP) is 3.10. The Hall–Kier alpha value is -0.730. The molecule has 0 bridgehead atoms. The van der Waals surface area contributed by atoms with E-state index in [0.717, 1.165) is 18.6 Å². The van der Waals surface area contributed by atoms with E-state index in [0.29, 0.717) is 12.5 Å². The maximum atomic E-state index is 5.95. The molecule has 0 saturated heterocycles. The van der Waals surface area contributed by atoms with Gasteiger partial charge in [-0.15, -0.1) is 12.4 Å². The van der Waals surface area contributed by atoms with Gasteiger partial charge in [0.05, 0.1) is 5.54 Å². The van der Waals surface area contributed by atoms with E-state index < -0.39 is 0 Å². The van der Waals surface area contributed by atoms with Crippen molar-refractivity contribution in [3.8, 4) is 5.75 Å². The number of ether oxygens (including phenoxy) is 1. The number of halogens is 1. The molecule has 1 fully saturated rings. The second-order valence-electron chi connectivity index (χ2n) is 4.87. The summed E-state index contributed by atoms with van der Waals surface area (Å²) in [5.74, 6) is 1.50. The third kappa shape index (κ3) is 3.39. The van der Waals surface area contributed by atoms with Gasteiger partial charge < -0.3 is 10.5 Å². The second kappa shape index (κ2) is 5.07. The number of hydrogen-bond acceptors (Lipinski definition) is 2. The predicted molar refractivity (Wildman–Crippen MR) is 69.4 cm³/mol. The van der Waals surface area contributed by atoms with E-state index in [4.69, 9.17) is 10.5 Å². The second-order valence-corrected chi connectivity index (χ2v) is 4.87.